The van der Waals surface area contributed by atoms with Crippen LogP contribution in [0, 0.1) is 0 Å². The fourth-order valence-corrected chi connectivity index (χ4v) is 3.13. The van der Waals surface area contributed by atoms with E-state index in [0.29, 0.717) is 5.02 Å². The van der Waals surface area contributed by atoms with E-state index < -0.39 is 0 Å². The first-order valence-corrected chi connectivity index (χ1v) is 7.10. The second kappa shape index (κ2) is 3.80. The largest absolute Gasteiger partial charge is 0.456 e. The SMILES string of the molecule is Clc1ccc2c(c1)oc1cc3oc4ccccc4c3cc12. The van der Waals surface area contributed by atoms with Crippen molar-refractivity contribution in [2.24, 2.45) is 0 Å². The Hall–Kier alpha value is -2.45. The first kappa shape index (κ1) is 11.2. The molecule has 5 rings (SSSR count). The molecule has 0 spiro atoms. The molecule has 2 nitrogen and oxygen atoms in total. The lowest BCUT2D eigenvalue weighted by molar-refractivity contribution is 0.656. The molecule has 3 aromatic carbocycles. The van der Waals surface area contributed by atoms with Crippen molar-refractivity contribution in [3.8, 4) is 0 Å². The van der Waals surface area contributed by atoms with Crippen LogP contribution in [-0.4, -0.2) is 0 Å². The van der Waals surface area contributed by atoms with Crippen LogP contribution >= 0.6 is 11.6 Å². The molecule has 0 saturated carbocycles. The van der Waals surface area contributed by atoms with Crippen molar-refractivity contribution in [1.29, 1.82) is 0 Å². The van der Waals surface area contributed by atoms with Gasteiger partial charge < -0.3 is 8.83 Å². The van der Waals surface area contributed by atoms with Crippen molar-refractivity contribution in [1.82, 2.24) is 0 Å². The van der Waals surface area contributed by atoms with Crippen LogP contribution < -0.4 is 0 Å². The molecule has 21 heavy (non-hydrogen) atoms. The zero-order valence-electron chi connectivity index (χ0n) is 10.9. The third kappa shape index (κ3) is 1.48. The van der Waals surface area contributed by atoms with E-state index in [1.807, 2.05) is 42.5 Å². The van der Waals surface area contributed by atoms with Crippen LogP contribution in [0.4, 0.5) is 0 Å². The zero-order chi connectivity index (χ0) is 14.0. The topological polar surface area (TPSA) is 26.3 Å². The average Bonchev–Trinajstić information content (AvgIpc) is 3.01. The van der Waals surface area contributed by atoms with E-state index in [2.05, 4.69) is 12.1 Å². The quantitative estimate of drug-likeness (QED) is 0.343. The van der Waals surface area contributed by atoms with Crippen molar-refractivity contribution in [2.75, 3.05) is 0 Å². The van der Waals surface area contributed by atoms with Crippen molar-refractivity contribution in [3.63, 3.8) is 0 Å². The number of rotatable bonds is 0. The smallest absolute Gasteiger partial charge is 0.139 e. The Morgan fingerprint density at radius 3 is 2.10 bits per heavy atom. The van der Waals surface area contributed by atoms with Gasteiger partial charge in [-0.05, 0) is 24.3 Å². The normalized spacial score (nSPS) is 12.0. The third-order valence-corrected chi connectivity index (χ3v) is 4.17. The lowest BCUT2D eigenvalue weighted by Crippen LogP contribution is -1.69. The Kier molecular flexibility index (Phi) is 2.04. The van der Waals surface area contributed by atoms with E-state index in [0.717, 1.165) is 43.9 Å². The first-order valence-electron chi connectivity index (χ1n) is 6.73. The maximum Gasteiger partial charge on any atom is 0.139 e. The molecule has 5 aromatic rings. The van der Waals surface area contributed by atoms with E-state index in [1.165, 1.54) is 0 Å². The number of halogens is 1. The standard InChI is InChI=1S/C18H9ClO2/c19-10-5-6-12-14-8-13-11-3-1-2-4-15(11)20-17(13)9-18(14)21-16(12)7-10/h1-9H. The molecule has 3 heteroatoms. The summed E-state index contributed by atoms with van der Waals surface area (Å²) in [6.07, 6.45) is 0. The summed E-state index contributed by atoms with van der Waals surface area (Å²) in [5.74, 6) is 0. The fourth-order valence-electron chi connectivity index (χ4n) is 2.97. The highest BCUT2D eigenvalue weighted by Gasteiger charge is 2.12. The summed E-state index contributed by atoms with van der Waals surface area (Å²) in [6, 6.07) is 17.9. The monoisotopic (exact) mass is 292 g/mol. The molecule has 0 saturated heterocycles. The van der Waals surface area contributed by atoms with Crippen LogP contribution in [0.15, 0.2) is 63.4 Å². The summed E-state index contributed by atoms with van der Waals surface area (Å²) in [7, 11) is 0. The molecule has 0 aliphatic rings. The number of hydrogen-bond donors (Lipinski definition) is 0. The Morgan fingerprint density at radius 2 is 1.24 bits per heavy atom. The minimum atomic E-state index is 0.677. The van der Waals surface area contributed by atoms with Crippen molar-refractivity contribution >= 4 is 55.5 Å². The first-order chi connectivity index (χ1) is 10.3. The summed E-state index contributed by atoms with van der Waals surface area (Å²) >= 11 is 6.03. The second-order valence-electron chi connectivity index (χ2n) is 5.19. The molecular formula is C18H9ClO2. The van der Waals surface area contributed by atoms with Gasteiger partial charge in [0.15, 0.2) is 0 Å². The maximum absolute atomic E-state index is 6.03. The summed E-state index contributed by atoms with van der Waals surface area (Å²) in [5, 5.41) is 5.06. The van der Waals surface area contributed by atoms with Crippen molar-refractivity contribution in [2.45, 2.75) is 0 Å². The summed E-state index contributed by atoms with van der Waals surface area (Å²) in [4.78, 5) is 0. The van der Waals surface area contributed by atoms with E-state index in [1.54, 1.807) is 0 Å². The number of benzene rings is 3. The maximum atomic E-state index is 6.03. The predicted octanol–water partition coefficient (Wildman–Crippen LogP) is 6.14. The van der Waals surface area contributed by atoms with Crippen LogP contribution in [-0.2, 0) is 0 Å². The molecule has 0 fully saturated rings. The summed E-state index contributed by atoms with van der Waals surface area (Å²) < 4.78 is 11.8. The van der Waals surface area contributed by atoms with Gasteiger partial charge in [0, 0.05) is 38.7 Å². The molecule has 0 unspecified atom stereocenters. The number of para-hydroxylation sites is 1. The van der Waals surface area contributed by atoms with Crippen LogP contribution in [0.25, 0.3) is 43.9 Å². The summed E-state index contributed by atoms with van der Waals surface area (Å²) in [6.45, 7) is 0. The molecule has 0 amide bonds. The lowest BCUT2D eigenvalue weighted by atomic mass is 10.1. The highest BCUT2D eigenvalue weighted by Crippen LogP contribution is 2.36. The average molecular weight is 293 g/mol. The van der Waals surface area contributed by atoms with E-state index in [-0.39, 0.29) is 0 Å². The van der Waals surface area contributed by atoms with Crippen LogP contribution in [0.5, 0.6) is 0 Å². The molecule has 0 aliphatic heterocycles. The zero-order valence-corrected chi connectivity index (χ0v) is 11.6. The Bertz CT molecular complexity index is 1150. The van der Waals surface area contributed by atoms with Crippen molar-refractivity contribution in [3.05, 3.63) is 59.6 Å². The van der Waals surface area contributed by atoms with Crippen LogP contribution in [0.2, 0.25) is 5.02 Å². The van der Waals surface area contributed by atoms with Gasteiger partial charge in [0.25, 0.3) is 0 Å². The molecule has 0 atom stereocenters. The highest BCUT2D eigenvalue weighted by molar-refractivity contribution is 6.31. The molecule has 0 bridgehead atoms. The Balaban J connectivity index is 2.01. The third-order valence-electron chi connectivity index (χ3n) is 3.93. The molecule has 0 N–H and O–H groups in total. The van der Waals surface area contributed by atoms with Gasteiger partial charge in [-0.15, -0.1) is 0 Å². The lowest BCUT2D eigenvalue weighted by Gasteiger charge is -1.91. The number of hydrogen-bond acceptors (Lipinski definition) is 2. The van der Waals surface area contributed by atoms with Crippen LogP contribution in [0.3, 0.4) is 0 Å². The Morgan fingerprint density at radius 1 is 0.571 bits per heavy atom. The molecule has 2 heterocycles. The van der Waals surface area contributed by atoms with Gasteiger partial charge in [0.05, 0.1) is 0 Å². The Labute approximate surface area is 124 Å². The van der Waals surface area contributed by atoms with Crippen LogP contribution in [0.1, 0.15) is 0 Å². The predicted molar refractivity (Wildman–Crippen MR) is 86.0 cm³/mol. The van der Waals surface area contributed by atoms with Gasteiger partial charge in [-0.1, -0.05) is 29.8 Å². The molecule has 2 aromatic heterocycles. The van der Waals surface area contributed by atoms with Gasteiger partial charge in [0.2, 0.25) is 0 Å². The van der Waals surface area contributed by atoms with Gasteiger partial charge >= 0.3 is 0 Å². The molecular weight excluding hydrogens is 284 g/mol. The van der Waals surface area contributed by atoms with E-state index >= 15 is 0 Å². The summed E-state index contributed by atoms with van der Waals surface area (Å²) in [5.41, 5.74) is 3.36. The van der Waals surface area contributed by atoms with Gasteiger partial charge in [-0.3, -0.25) is 0 Å². The number of fused-ring (bicyclic) bond motifs is 6. The molecule has 100 valence electrons. The van der Waals surface area contributed by atoms with Gasteiger partial charge in [-0.2, -0.15) is 0 Å². The van der Waals surface area contributed by atoms with Gasteiger partial charge in [0.1, 0.15) is 22.3 Å². The minimum absolute atomic E-state index is 0.677. The van der Waals surface area contributed by atoms with E-state index in [9.17, 15) is 0 Å². The van der Waals surface area contributed by atoms with E-state index in [4.69, 9.17) is 20.4 Å². The fraction of sp³-hybridized carbons (Fsp3) is 0. The van der Waals surface area contributed by atoms with Gasteiger partial charge in [-0.25, -0.2) is 0 Å². The minimum Gasteiger partial charge on any atom is -0.456 e. The highest BCUT2D eigenvalue weighted by atomic mass is 35.5. The molecule has 0 radical (unpaired) electrons. The number of furan rings is 2. The van der Waals surface area contributed by atoms with Crippen molar-refractivity contribution < 1.29 is 8.83 Å². The second-order valence-corrected chi connectivity index (χ2v) is 5.62. The molecule has 0 aliphatic carbocycles.